The Morgan fingerprint density at radius 1 is 1.05 bits per heavy atom. The number of hydrogen-bond donors (Lipinski definition) is 2. The summed E-state index contributed by atoms with van der Waals surface area (Å²) in [4.78, 5) is 18.7. The van der Waals surface area contributed by atoms with Crippen molar-refractivity contribution in [2.24, 2.45) is 0 Å². The lowest BCUT2D eigenvalue weighted by molar-refractivity contribution is 1.24. The molecule has 0 amide bonds. The second kappa shape index (κ2) is 5.42. The van der Waals surface area contributed by atoms with Crippen molar-refractivity contribution >= 4 is 17.4 Å². The predicted octanol–water partition coefficient (Wildman–Crippen LogP) is 3.34. The van der Waals surface area contributed by atoms with Crippen LogP contribution >= 0.6 is 11.6 Å². The molecule has 1 aromatic carbocycles. The molecule has 0 bridgehead atoms. The monoisotopic (exact) mass is 297 g/mol. The topological polar surface area (TPSA) is 71.8 Å². The number of aromatic amines is 1. The summed E-state index contributed by atoms with van der Waals surface area (Å²) >= 11 is 6.18. The van der Waals surface area contributed by atoms with Crippen LogP contribution in [0.5, 0.6) is 0 Å². The van der Waals surface area contributed by atoms with Crippen LogP contribution in [-0.2, 0) is 0 Å². The van der Waals surface area contributed by atoms with Gasteiger partial charge in [0.25, 0.3) is 0 Å². The van der Waals surface area contributed by atoms with Gasteiger partial charge < -0.3 is 10.7 Å². The summed E-state index contributed by atoms with van der Waals surface area (Å²) in [5.41, 5.74) is 8.54. The Kier molecular flexibility index (Phi) is 3.46. The summed E-state index contributed by atoms with van der Waals surface area (Å²) in [6, 6.07) is 14.3. The number of rotatable bonds is 2. The number of nitrogens with zero attached hydrogens (tertiary/aromatic N) is 1. The third-order valence-electron chi connectivity index (χ3n) is 3.12. The van der Waals surface area contributed by atoms with E-state index in [2.05, 4.69) is 9.97 Å². The van der Waals surface area contributed by atoms with E-state index in [1.165, 1.54) is 6.07 Å². The van der Waals surface area contributed by atoms with E-state index >= 15 is 0 Å². The smallest absolute Gasteiger partial charge is 0.249 e. The second-order valence-corrected chi connectivity index (χ2v) is 5.00. The van der Waals surface area contributed by atoms with Crippen LogP contribution in [0, 0.1) is 0 Å². The van der Waals surface area contributed by atoms with E-state index in [9.17, 15) is 4.79 Å². The van der Waals surface area contributed by atoms with Crippen molar-refractivity contribution in [3.05, 3.63) is 70.1 Å². The maximum Gasteiger partial charge on any atom is 0.249 e. The third-order valence-corrected chi connectivity index (χ3v) is 3.45. The molecule has 0 saturated heterocycles. The van der Waals surface area contributed by atoms with Crippen LogP contribution in [0.25, 0.3) is 22.4 Å². The predicted molar refractivity (Wildman–Crippen MR) is 85.2 cm³/mol. The molecular weight excluding hydrogens is 286 g/mol. The van der Waals surface area contributed by atoms with Gasteiger partial charge in [-0.15, -0.1) is 0 Å². The lowest BCUT2D eigenvalue weighted by Gasteiger charge is -2.07. The molecule has 0 unspecified atom stereocenters. The largest absolute Gasteiger partial charge is 0.384 e. The summed E-state index contributed by atoms with van der Waals surface area (Å²) in [5, 5.41) is 0.583. The molecule has 3 aromatic rings. The zero-order valence-electron chi connectivity index (χ0n) is 11.0. The highest BCUT2D eigenvalue weighted by Gasteiger charge is 2.07. The number of hydrogen-bond acceptors (Lipinski definition) is 3. The van der Waals surface area contributed by atoms with Crippen LogP contribution in [0.1, 0.15) is 0 Å². The molecule has 3 rings (SSSR count). The average Bonchev–Trinajstić information content (AvgIpc) is 2.47. The highest BCUT2D eigenvalue weighted by atomic mass is 35.5. The summed E-state index contributed by atoms with van der Waals surface area (Å²) in [6.07, 6.45) is 1.61. The molecule has 0 atom stereocenters. The number of nitrogens with one attached hydrogen (secondary N) is 1. The molecular formula is C16H12ClN3O. The van der Waals surface area contributed by atoms with E-state index in [-0.39, 0.29) is 5.56 Å². The van der Waals surface area contributed by atoms with Crippen molar-refractivity contribution in [3.63, 3.8) is 0 Å². The number of nitrogens with two attached hydrogens (primary N) is 1. The van der Waals surface area contributed by atoms with Crippen molar-refractivity contribution < 1.29 is 0 Å². The van der Waals surface area contributed by atoms with Crippen LogP contribution in [0.4, 0.5) is 5.82 Å². The lowest BCUT2D eigenvalue weighted by atomic mass is 10.0. The molecule has 0 radical (unpaired) electrons. The van der Waals surface area contributed by atoms with E-state index in [0.717, 1.165) is 16.7 Å². The van der Waals surface area contributed by atoms with Gasteiger partial charge in [0.2, 0.25) is 5.56 Å². The van der Waals surface area contributed by atoms with Gasteiger partial charge in [0, 0.05) is 22.8 Å². The van der Waals surface area contributed by atoms with Crippen molar-refractivity contribution in [1.29, 1.82) is 0 Å². The molecule has 4 nitrogen and oxygen atoms in total. The van der Waals surface area contributed by atoms with Crippen molar-refractivity contribution in [3.8, 4) is 22.4 Å². The van der Waals surface area contributed by atoms with E-state index in [1.807, 2.05) is 30.3 Å². The average molecular weight is 298 g/mol. The molecule has 0 spiro atoms. The van der Waals surface area contributed by atoms with Crippen LogP contribution in [0.2, 0.25) is 5.02 Å². The number of pyridine rings is 2. The van der Waals surface area contributed by atoms with Crippen LogP contribution < -0.4 is 11.3 Å². The summed E-state index contributed by atoms with van der Waals surface area (Å²) in [7, 11) is 0. The highest BCUT2D eigenvalue weighted by molar-refractivity contribution is 6.33. The van der Waals surface area contributed by atoms with Crippen LogP contribution in [-0.4, -0.2) is 9.97 Å². The second-order valence-electron chi connectivity index (χ2n) is 4.60. The molecule has 0 aliphatic carbocycles. The van der Waals surface area contributed by atoms with E-state index in [4.69, 9.17) is 17.3 Å². The Morgan fingerprint density at radius 3 is 2.62 bits per heavy atom. The number of anilines is 1. The maximum atomic E-state index is 11.9. The molecule has 21 heavy (non-hydrogen) atoms. The molecule has 0 fully saturated rings. The molecule has 0 aliphatic heterocycles. The van der Waals surface area contributed by atoms with Crippen LogP contribution in [0.15, 0.2) is 59.5 Å². The fraction of sp³-hybridized carbons (Fsp3) is 0. The van der Waals surface area contributed by atoms with Gasteiger partial charge in [0.05, 0.1) is 5.69 Å². The Morgan fingerprint density at radius 2 is 1.86 bits per heavy atom. The zero-order chi connectivity index (χ0) is 14.8. The van der Waals surface area contributed by atoms with Gasteiger partial charge in [-0.3, -0.25) is 4.79 Å². The van der Waals surface area contributed by atoms with Gasteiger partial charge >= 0.3 is 0 Å². The number of benzene rings is 1. The Balaban J connectivity index is 2.18. The van der Waals surface area contributed by atoms with Gasteiger partial charge in [-0.05, 0) is 35.4 Å². The number of nitrogen functional groups attached to an aromatic ring is 1. The minimum Gasteiger partial charge on any atom is -0.384 e. The molecule has 0 saturated carbocycles. The lowest BCUT2D eigenvalue weighted by Crippen LogP contribution is -2.06. The van der Waals surface area contributed by atoms with Crippen molar-refractivity contribution in [2.75, 3.05) is 5.73 Å². The minimum atomic E-state index is -0.196. The van der Waals surface area contributed by atoms with Gasteiger partial charge in [0.15, 0.2) is 0 Å². The Labute approximate surface area is 126 Å². The summed E-state index contributed by atoms with van der Waals surface area (Å²) in [5.74, 6) is 0.409. The Bertz CT molecular complexity index is 858. The summed E-state index contributed by atoms with van der Waals surface area (Å²) in [6.45, 7) is 0. The van der Waals surface area contributed by atoms with Crippen LogP contribution in [0.3, 0.4) is 0 Å². The van der Waals surface area contributed by atoms with Crippen molar-refractivity contribution in [1.82, 2.24) is 9.97 Å². The molecule has 5 heteroatoms. The van der Waals surface area contributed by atoms with Crippen molar-refractivity contribution in [2.45, 2.75) is 0 Å². The number of H-pyrrole nitrogens is 1. The number of aromatic nitrogens is 2. The fourth-order valence-corrected chi connectivity index (χ4v) is 2.40. The van der Waals surface area contributed by atoms with Gasteiger partial charge in [-0.25, -0.2) is 4.98 Å². The maximum absolute atomic E-state index is 11.9. The molecule has 104 valence electrons. The zero-order valence-corrected chi connectivity index (χ0v) is 11.8. The fourth-order valence-electron chi connectivity index (χ4n) is 2.16. The summed E-state index contributed by atoms with van der Waals surface area (Å²) < 4.78 is 0. The van der Waals surface area contributed by atoms with Gasteiger partial charge in [-0.1, -0.05) is 29.8 Å². The quantitative estimate of drug-likeness (QED) is 0.762. The molecule has 2 heterocycles. The van der Waals surface area contributed by atoms with E-state index < -0.39 is 0 Å². The standard InChI is InChI=1S/C16H12ClN3O/c17-13-4-2-1-3-12(13)14-7-11(9-16(21)20-14)10-5-6-19-15(18)8-10/h1-9H,(H2,18,19)(H,20,21). The third kappa shape index (κ3) is 2.80. The first-order valence-corrected chi connectivity index (χ1v) is 6.72. The SMILES string of the molecule is Nc1cc(-c2cc(-c3ccccc3Cl)[nH]c(=O)c2)ccn1. The molecule has 0 aliphatic rings. The molecule has 2 aromatic heterocycles. The first-order valence-electron chi connectivity index (χ1n) is 6.34. The number of halogens is 1. The van der Waals surface area contributed by atoms with Gasteiger partial charge in [0.1, 0.15) is 5.82 Å². The highest BCUT2D eigenvalue weighted by Crippen LogP contribution is 2.28. The minimum absolute atomic E-state index is 0.196. The van der Waals surface area contributed by atoms with E-state index in [1.54, 1.807) is 18.3 Å². The Hall–Kier alpha value is -2.59. The first kappa shape index (κ1) is 13.4. The molecule has 3 N–H and O–H groups in total. The van der Waals surface area contributed by atoms with Gasteiger partial charge in [-0.2, -0.15) is 0 Å². The normalized spacial score (nSPS) is 10.5. The first-order chi connectivity index (χ1) is 10.1. The van der Waals surface area contributed by atoms with E-state index in [0.29, 0.717) is 16.5 Å².